The highest BCUT2D eigenvalue weighted by Gasteiger charge is 2.14. The van der Waals surface area contributed by atoms with Crippen molar-refractivity contribution in [3.8, 4) is 0 Å². The molecule has 2 aromatic rings. The predicted molar refractivity (Wildman–Crippen MR) is 71.8 cm³/mol. The number of rotatable bonds is 4. The number of hydrogen-bond donors (Lipinski definition) is 2. The molecule has 0 aliphatic heterocycles. The van der Waals surface area contributed by atoms with E-state index in [1.54, 1.807) is 11.3 Å². The van der Waals surface area contributed by atoms with Crippen molar-refractivity contribution in [2.45, 2.75) is 26.3 Å². The molecule has 0 aliphatic carbocycles. The Balaban J connectivity index is 2.23. The van der Waals surface area contributed by atoms with Gasteiger partial charge in [0, 0.05) is 18.0 Å². The zero-order chi connectivity index (χ0) is 12.3. The zero-order valence-electron chi connectivity index (χ0n) is 10.1. The van der Waals surface area contributed by atoms with Gasteiger partial charge in [0.2, 0.25) is 0 Å². The van der Waals surface area contributed by atoms with E-state index in [4.69, 9.17) is 5.84 Å². The van der Waals surface area contributed by atoms with Crippen molar-refractivity contribution in [1.82, 2.24) is 10.4 Å². The third-order valence-electron chi connectivity index (χ3n) is 2.86. The van der Waals surface area contributed by atoms with E-state index in [0.29, 0.717) is 0 Å². The largest absolute Gasteiger partial charge is 0.271 e. The summed E-state index contributed by atoms with van der Waals surface area (Å²) < 4.78 is 0. The van der Waals surface area contributed by atoms with E-state index in [1.165, 1.54) is 16.7 Å². The first-order chi connectivity index (χ1) is 8.20. The Labute approximate surface area is 106 Å². The number of thiazole rings is 1. The van der Waals surface area contributed by atoms with Crippen LogP contribution in [0.1, 0.15) is 27.7 Å². The van der Waals surface area contributed by atoms with E-state index in [9.17, 15) is 0 Å². The first-order valence-electron chi connectivity index (χ1n) is 5.62. The first-order valence-corrected chi connectivity index (χ1v) is 6.50. The lowest BCUT2D eigenvalue weighted by Crippen LogP contribution is -2.30. The smallest absolute Gasteiger partial charge is 0.0944 e. The monoisotopic (exact) mass is 247 g/mol. The van der Waals surface area contributed by atoms with E-state index < -0.39 is 0 Å². The van der Waals surface area contributed by atoms with Gasteiger partial charge in [-0.25, -0.2) is 4.98 Å². The van der Waals surface area contributed by atoms with Gasteiger partial charge in [-0.2, -0.15) is 0 Å². The molecule has 3 N–H and O–H groups in total. The molecule has 0 saturated heterocycles. The van der Waals surface area contributed by atoms with Gasteiger partial charge in [0.15, 0.2) is 0 Å². The minimum absolute atomic E-state index is 0.127. The molecular weight excluding hydrogens is 230 g/mol. The van der Waals surface area contributed by atoms with Gasteiger partial charge in [-0.3, -0.25) is 11.3 Å². The number of nitrogens with two attached hydrogens (primary N) is 1. The second-order valence-electron chi connectivity index (χ2n) is 4.21. The fraction of sp³-hybridized carbons (Fsp3) is 0.308. The molecule has 0 spiro atoms. The number of hydrazine groups is 1. The topological polar surface area (TPSA) is 50.9 Å². The van der Waals surface area contributed by atoms with Crippen LogP contribution < -0.4 is 11.3 Å². The maximum absolute atomic E-state index is 5.66. The van der Waals surface area contributed by atoms with Gasteiger partial charge in [0.1, 0.15) is 0 Å². The molecule has 1 atom stereocenters. The highest BCUT2D eigenvalue weighted by atomic mass is 32.1. The number of hydrogen-bond acceptors (Lipinski definition) is 4. The number of nitrogens with one attached hydrogen (secondary N) is 1. The summed E-state index contributed by atoms with van der Waals surface area (Å²) in [6.07, 6.45) is 2.66. The molecule has 1 heterocycles. The quantitative estimate of drug-likeness (QED) is 0.644. The van der Waals surface area contributed by atoms with Gasteiger partial charge in [0.05, 0.1) is 11.0 Å². The zero-order valence-corrected chi connectivity index (χ0v) is 10.9. The Bertz CT molecular complexity index is 479. The van der Waals surface area contributed by atoms with Crippen LogP contribution in [0, 0.1) is 13.8 Å². The van der Waals surface area contributed by atoms with Gasteiger partial charge in [0.25, 0.3) is 0 Å². The van der Waals surface area contributed by atoms with E-state index in [0.717, 1.165) is 11.4 Å². The molecule has 0 saturated carbocycles. The Kier molecular flexibility index (Phi) is 3.89. The van der Waals surface area contributed by atoms with Crippen LogP contribution in [0.25, 0.3) is 0 Å². The molecule has 1 aromatic carbocycles. The van der Waals surface area contributed by atoms with Gasteiger partial charge in [-0.15, -0.1) is 11.3 Å². The fourth-order valence-electron chi connectivity index (χ4n) is 2.00. The second kappa shape index (κ2) is 5.40. The number of aromatic nitrogens is 1. The molecule has 3 nitrogen and oxygen atoms in total. The molecule has 0 fully saturated rings. The van der Waals surface area contributed by atoms with Crippen molar-refractivity contribution < 1.29 is 0 Å². The molecular formula is C13H17N3S. The molecule has 1 aromatic heterocycles. The van der Waals surface area contributed by atoms with Crippen molar-refractivity contribution in [2.75, 3.05) is 0 Å². The van der Waals surface area contributed by atoms with Crippen molar-refractivity contribution in [3.63, 3.8) is 0 Å². The highest BCUT2D eigenvalue weighted by Crippen LogP contribution is 2.22. The number of benzene rings is 1. The SMILES string of the molecule is Cc1ccc(C(Cc2nccs2)NN)c(C)c1. The van der Waals surface area contributed by atoms with Crippen LogP contribution in [0.15, 0.2) is 29.8 Å². The Hall–Kier alpha value is -1.23. The van der Waals surface area contributed by atoms with Gasteiger partial charge in [-0.05, 0) is 25.0 Å². The lowest BCUT2D eigenvalue weighted by Gasteiger charge is -2.17. The van der Waals surface area contributed by atoms with Crippen molar-refractivity contribution in [1.29, 1.82) is 0 Å². The summed E-state index contributed by atoms with van der Waals surface area (Å²) in [6, 6.07) is 6.57. The van der Waals surface area contributed by atoms with Crippen LogP contribution in [0.3, 0.4) is 0 Å². The van der Waals surface area contributed by atoms with E-state index in [2.05, 4.69) is 42.5 Å². The third kappa shape index (κ3) is 2.91. The summed E-state index contributed by atoms with van der Waals surface area (Å²) in [5, 5.41) is 3.10. The second-order valence-corrected chi connectivity index (χ2v) is 5.19. The Morgan fingerprint density at radius 3 is 2.82 bits per heavy atom. The minimum atomic E-state index is 0.127. The molecule has 4 heteroatoms. The number of aryl methyl sites for hydroxylation is 2. The first kappa shape index (κ1) is 12.2. The molecule has 0 aliphatic rings. The normalized spacial score (nSPS) is 12.6. The van der Waals surface area contributed by atoms with Crippen LogP contribution >= 0.6 is 11.3 Å². The predicted octanol–water partition coefficient (Wildman–Crippen LogP) is 2.51. The fourth-order valence-corrected chi connectivity index (χ4v) is 2.67. The van der Waals surface area contributed by atoms with Crippen molar-refractivity contribution >= 4 is 11.3 Å². The molecule has 1 unspecified atom stereocenters. The van der Waals surface area contributed by atoms with Gasteiger partial charge < -0.3 is 0 Å². The Morgan fingerprint density at radius 1 is 1.41 bits per heavy atom. The summed E-state index contributed by atoms with van der Waals surface area (Å²) in [6.45, 7) is 4.22. The third-order valence-corrected chi connectivity index (χ3v) is 3.67. The van der Waals surface area contributed by atoms with Crippen molar-refractivity contribution in [3.05, 3.63) is 51.5 Å². The van der Waals surface area contributed by atoms with Crippen LogP contribution in [0.5, 0.6) is 0 Å². The highest BCUT2D eigenvalue weighted by molar-refractivity contribution is 7.09. The summed E-state index contributed by atoms with van der Waals surface area (Å²) in [7, 11) is 0. The standard InChI is InChI=1S/C13H17N3S/c1-9-3-4-11(10(2)7-9)12(16-14)8-13-15-5-6-17-13/h3-7,12,16H,8,14H2,1-2H3. The van der Waals surface area contributed by atoms with E-state index >= 15 is 0 Å². The average molecular weight is 247 g/mol. The molecule has 90 valence electrons. The molecule has 0 radical (unpaired) electrons. The lowest BCUT2D eigenvalue weighted by molar-refractivity contribution is 0.548. The Morgan fingerprint density at radius 2 is 2.24 bits per heavy atom. The van der Waals surface area contributed by atoms with Gasteiger partial charge >= 0.3 is 0 Å². The maximum Gasteiger partial charge on any atom is 0.0944 e. The molecule has 17 heavy (non-hydrogen) atoms. The van der Waals surface area contributed by atoms with Crippen LogP contribution in [-0.4, -0.2) is 4.98 Å². The van der Waals surface area contributed by atoms with Crippen LogP contribution in [0.2, 0.25) is 0 Å². The van der Waals surface area contributed by atoms with Crippen molar-refractivity contribution in [2.24, 2.45) is 5.84 Å². The average Bonchev–Trinajstić information content (AvgIpc) is 2.79. The van der Waals surface area contributed by atoms with Gasteiger partial charge in [-0.1, -0.05) is 23.8 Å². The van der Waals surface area contributed by atoms with Crippen LogP contribution in [-0.2, 0) is 6.42 Å². The summed E-state index contributed by atoms with van der Waals surface area (Å²) >= 11 is 1.66. The maximum atomic E-state index is 5.66. The molecule has 0 bridgehead atoms. The molecule has 0 amide bonds. The number of nitrogens with zero attached hydrogens (tertiary/aromatic N) is 1. The lowest BCUT2D eigenvalue weighted by atomic mass is 9.98. The van der Waals surface area contributed by atoms with E-state index in [-0.39, 0.29) is 6.04 Å². The summed E-state index contributed by atoms with van der Waals surface area (Å²) in [5.74, 6) is 5.66. The summed E-state index contributed by atoms with van der Waals surface area (Å²) in [5.41, 5.74) is 6.67. The van der Waals surface area contributed by atoms with Crippen LogP contribution in [0.4, 0.5) is 0 Å². The van der Waals surface area contributed by atoms with E-state index in [1.807, 2.05) is 11.6 Å². The molecule has 2 rings (SSSR count). The summed E-state index contributed by atoms with van der Waals surface area (Å²) in [4.78, 5) is 4.30. The minimum Gasteiger partial charge on any atom is -0.271 e.